The number of aromatic nitrogens is 1. The number of hydrogen-bond donors (Lipinski definition) is 2. The summed E-state index contributed by atoms with van der Waals surface area (Å²) in [6.07, 6.45) is 3.12. The number of rotatable bonds is 5. The average Bonchev–Trinajstić information content (AvgIpc) is 3.09. The normalized spacial score (nSPS) is 17.0. The van der Waals surface area contributed by atoms with Crippen LogP contribution in [0.2, 0.25) is 0 Å². The van der Waals surface area contributed by atoms with Gasteiger partial charge in [0, 0.05) is 36.3 Å². The second-order valence-corrected chi connectivity index (χ2v) is 7.86. The monoisotopic (exact) mass is 457 g/mol. The Morgan fingerprint density at radius 2 is 1.74 bits per heavy atom. The van der Waals surface area contributed by atoms with E-state index in [1.807, 2.05) is 6.92 Å². The molecule has 8 heteroatoms. The van der Waals surface area contributed by atoms with Crippen LogP contribution in [0, 0.1) is 6.92 Å². The maximum atomic E-state index is 13.2. The minimum Gasteiger partial charge on any atom is -0.507 e. The summed E-state index contributed by atoms with van der Waals surface area (Å²) in [6.45, 7) is 3.22. The molecule has 2 N–H and O–H groups in total. The number of ketones is 1. The van der Waals surface area contributed by atoms with Crippen LogP contribution in [0.4, 0.5) is 11.4 Å². The van der Waals surface area contributed by atoms with Crippen molar-refractivity contribution >= 4 is 34.7 Å². The first-order chi connectivity index (χ1) is 16.3. The summed E-state index contributed by atoms with van der Waals surface area (Å²) in [4.78, 5) is 43.1. The summed E-state index contributed by atoms with van der Waals surface area (Å²) in [5.41, 5.74) is 2.77. The zero-order chi connectivity index (χ0) is 24.4. The molecule has 2 amide bonds. The van der Waals surface area contributed by atoms with E-state index in [-0.39, 0.29) is 17.2 Å². The van der Waals surface area contributed by atoms with Crippen LogP contribution < -0.4 is 15.0 Å². The Morgan fingerprint density at radius 1 is 1.06 bits per heavy atom. The van der Waals surface area contributed by atoms with Gasteiger partial charge in [-0.2, -0.15) is 0 Å². The molecule has 1 atom stereocenters. The van der Waals surface area contributed by atoms with E-state index in [2.05, 4.69) is 10.3 Å². The quantitative estimate of drug-likeness (QED) is 0.341. The molecule has 4 rings (SSSR count). The highest BCUT2D eigenvalue weighted by Gasteiger charge is 2.47. The maximum Gasteiger partial charge on any atom is 0.300 e. The number of ether oxygens (including phenoxy) is 1. The number of nitrogens with one attached hydrogen (secondary N) is 1. The van der Waals surface area contributed by atoms with E-state index in [4.69, 9.17) is 4.74 Å². The maximum absolute atomic E-state index is 13.2. The minimum atomic E-state index is -0.864. The molecule has 1 saturated heterocycles. The molecule has 2 heterocycles. The predicted octanol–water partition coefficient (Wildman–Crippen LogP) is 3.98. The summed E-state index contributed by atoms with van der Waals surface area (Å²) in [5, 5.41) is 13.9. The minimum absolute atomic E-state index is 0.0216. The van der Waals surface area contributed by atoms with E-state index >= 15 is 0 Å². The number of hydrogen-bond acceptors (Lipinski definition) is 6. The van der Waals surface area contributed by atoms with Crippen molar-refractivity contribution in [3.05, 3.63) is 89.3 Å². The van der Waals surface area contributed by atoms with Gasteiger partial charge in [0.15, 0.2) is 0 Å². The topological polar surface area (TPSA) is 109 Å². The third kappa shape index (κ3) is 4.13. The molecule has 172 valence electrons. The SMILES string of the molecule is COc1ccc(/C(O)=C2/C(=O)C(=O)N(c3ccc(NC(C)=O)cc3)C2c2ccncc2)cc1C. The number of anilines is 2. The third-order valence-electron chi connectivity index (χ3n) is 5.60. The van der Waals surface area contributed by atoms with Gasteiger partial charge in [0.25, 0.3) is 11.7 Å². The first-order valence-corrected chi connectivity index (χ1v) is 10.6. The summed E-state index contributed by atoms with van der Waals surface area (Å²) in [6, 6.07) is 14.1. The fourth-order valence-corrected chi connectivity index (χ4v) is 4.05. The molecule has 0 spiro atoms. The molecule has 3 aromatic rings. The standard InChI is InChI=1S/C26H23N3O5/c1-15-14-18(4-9-21(15)34-3)24(31)22-23(17-10-12-27-13-11-17)29(26(33)25(22)32)20-7-5-19(6-8-20)28-16(2)30/h4-14,23,31H,1-3H3,(H,28,30)/b24-22-. The Hall–Kier alpha value is -4.46. The first kappa shape index (κ1) is 22.7. The molecule has 1 aliphatic rings. The lowest BCUT2D eigenvalue weighted by Gasteiger charge is -2.25. The van der Waals surface area contributed by atoms with Gasteiger partial charge >= 0.3 is 0 Å². The molecular weight excluding hydrogens is 434 g/mol. The van der Waals surface area contributed by atoms with Crippen molar-refractivity contribution in [2.24, 2.45) is 0 Å². The molecule has 0 aliphatic carbocycles. The summed E-state index contributed by atoms with van der Waals surface area (Å²) in [7, 11) is 1.55. The lowest BCUT2D eigenvalue weighted by atomic mass is 9.95. The molecular formula is C26H23N3O5. The van der Waals surface area contributed by atoms with Crippen molar-refractivity contribution in [1.29, 1.82) is 0 Å². The van der Waals surface area contributed by atoms with E-state index < -0.39 is 17.7 Å². The summed E-state index contributed by atoms with van der Waals surface area (Å²) >= 11 is 0. The van der Waals surface area contributed by atoms with Gasteiger partial charge in [-0.1, -0.05) is 0 Å². The van der Waals surface area contributed by atoms with Crippen molar-refractivity contribution in [2.75, 3.05) is 17.3 Å². The lowest BCUT2D eigenvalue weighted by Crippen LogP contribution is -2.29. The number of aryl methyl sites for hydroxylation is 1. The third-order valence-corrected chi connectivity index (χ3v) is 5.60. The van der Waals surface area contributed by atoms with Gasteiger partial charge in [0.1, 0.15) is 11.5 Å². The van der Waals surface area contributed by atoms with Crippen LogP contribution in [-0.4, -0.2) is 34.8 Å². The number of methoxy groups -OCH3 is 1. The number of aliphatic hydroxyl groups is 1. The Kier molecular flexibility index (Phi) is 6.14. The van der Waals surface area contributed by atoms with Gasteiger partial charge in [-0.15, -0.1) is 0 Å². The van der Waals surface area contributed by atoms with E-state index in [1.165, 1.54) is 11.8 Å². The molecule has 34 heavy (non-hydrogen) atoms. The summed E-state index contributed by atoms with van der Waals surface area (Å²) < 4.78 is 5.28. The highest BCUT2D eigenvalue weighted by Crippen LogP contribution is 2.42. The molecule has 0 bridgehead atoms. The van der Waals surface area contributed by atoms with Crippen LogP contribution >= 0.6 is 0 Å². The Bertz CT molecular complexity index is 1300. The molecule has 1 aliphatic heterocycles. The van der Waals surface area contributed by atoms with Crippen molar-refractivity contribution < 1.29 is 24.2 Å². The van der Waals surface area contributed by atoms with E-state index in [1.54, 1.807) is 74.1 Å². The number of Topliss-reactive ketones (excluding diaryl/α,β-unsaturated/α-hetero) is 1. The van der Waals surface area contributed by atoms with E-state index in [0.717, 1.165) is 5.56 Å². The Balaban J connectivity index is 1.86. The first-order valence-electron chi connectivity index (χ1n) is 10.6. The number of amides is 2. The molecule has 0 saturated carbocycles. The average molecular weight is 457 g/mol. The molecule has 1 fully saturated rings. The zero-order valence-corrected chi connectivity index (χ0v) is 18.9. The van der Waals surface area contributed by atoms with Crippen LogP contribution in [0.3, 0.4) is 0 Å². The van der Waals surface area contributed by atoms with E-state index in [9.17, 15) is 19.5 Å². The number of aliphatic hydroxyl groups excluding tert-OH is 1. The number of nitrogens with zero attached hydrogens (tertiary/aromatic N) is 2. The molecule has 2 aromatic carbocycles. The van der Waals surface area contributed by atoms with Crippen LogP contribution in [0.1, 0.15) is 29.7 Å². The van der Waals surface area contributed by atoms with Crippen molar-refractivity contribution in [1.82, 2.24) is 4.98 Å². The van der Waals surface area contributed by atoms with Gasteiger partial charge in [0.05, 0.1) is 18.7 Å². The number of benzene rings is 2. The van der Waals surface area contributed by atoms with Crippen molar-refractivity contribution in [3.8, 4) is 5.75 Å². The number of carbonyl (C=O) groups is 3. The van der Waals surface area contributed by atoms with E-state index in [0.29, 0.717) is 28.3 Å². The zero-order valence-electron chi connectivity index (χ0n) is 18.9. The van der Waals surface area contributed by atoms with Gasteiger partial charge in [-0.05, 0) is 72.6 Å². The van der Waals surface area contributed by atoms with Crippen LogP contribution in [0.5, 0.6) is 5.75 Å². The fourth-order valence-electron chi connectivity index (χ4n) is 4.05. The van der Waals surface area contributed by atoms with Gasteiger partial charge in [-0.25, -0.2) is 0 Å². The lowest BCUT2D eigenvalue weighted by molar-refractivity contribution is -0.132. The second kappa shape index (κ2) is 9.19. The van der Waals surface area contributed by atoms with Gasteiger partial charge < -0.3 is 15.2 Å². The molecule has 0 radical (unpaired) electrons. The number of carbonyl (C=O) groups excluding carboxylic acids is 3. The molecule has 1 aromatic heterocycles. The smallest absolute Gasteiger partial charge is 0.300 e. The van der Waals surface area contributed by atoms with Crippen LogP contribution in [0.25, 0.3) is 5.76 Å². The molecule has 8 nitrogen and oxygen atoms in total. The highest BCUT2D eigenvalue weighted by molar-refractivity contribution is 6.51. The fraction of sp³-hybridized carbons (Fsp3) is 0.154. The number of pyridine rings is 1. The predicted molar refractivity (Wildman–Crippen MR) is 127 cm³/mol. The Labute approximate surface area is 196 Å². The largest absolute Gasteiger partial charge is 0.507 e. The second-order valence-electron chi connectivity index (χ2n) is 7.86. The van der Waals surface area contributed by atoms with Crippen molar-refractivity contribution in [3.63, 3.8) is 0 Å². The van der Waals surface area contributed by atoms with Gasteiger partial charge in [-0.3, -0.25) is 24.3 Å². The summed E-state index contributed by atoms with van der Waals surface area (Å²) in [5.74, 6) is -1.41. The Morgan fingerprint density at radius 3 is 2.32 bits per heavy atom. The van der Waals surface area contributed by atoms with Crippen LogP contribution in [-0.2, 0) is 14.4 Å². The van der Waals surface area contributed by atoms with Gasteiger partial charge in [0.2, 0.25) is 5.91 Å². The highest BCUT2D eigenvalue weighted by atomic mass is 16.5. The van der Waals surface area contributed by atoms with Crippen LogP contribution in [0.15, 0.2) is 72.6 Å². The van der Waals surface area contributed by atoms with Crippen molar-refractivity contribution in [2.45, 2.75) is 19.9 Å². The molecule has 1 unspecified atom stereocenters.